The summed E-state index contributed by atoms with van der Waals surface area (Å²) in [5, 5.41) is 37.3. The first-order valence-electron chi connectivity index (χ1n) is 15.2. The van der Waals surface area contributed by atoms with Crippen LogP contribution in [-0.2, 0) is 33.6 Å². The zero-order chi connectivity index (χ0) is 32.1. The summed E-state index contributed by atoms with van der Waals surface area (Å²) in [4.78, 5) is 42.3. The third-order valence-electron chi connectivity index (χ3n) is 9.97. The first-order valence-corrected chi connectivity index (χ1v) is 16.0. The Morgan fingerprint density at radius 3 is 2.27 bits per heavy atom. The van der Waals surface area contributed by atoms with Crippen LogP contribution in [0.1, 0.15) is 73.7 Å². The van der Waals surface area contributed by atoms with Crippen LogP contribution in [0.15, 0.2) is 24.1 Å². The number of thioether (sulfide) groups is 1. The van der Waals surface area contributed by atoms with Gasteiger partial charge in [-0.25, -0.2) is 0 Å². The first kappa shape index (κ1) is 31.6. The Balaban J connectivity index is 1.60. The van der Waals surface area contributed by atoms with E-state index in [1.165, 1.54) is 0 Å². The number of hydrogen-bond acceptors (Lipinski definition) is 6. The number of aliphatic hydroxyl groups is 1. The molecule has 3 aliphatic heterocycles. The van der Waals surface area contributed by atoms with E-state index in [1.807, 2.05) is 33.8 Å². The minimum absolute atomic E-state index is 0.0329. The van der Waals surface area contributed by atoms with Crippen molar-refractivity contribution in [1.82, 2.24) is 20.6 Å². The summed E-state index contributed by atoms with van der Waals surface area (Å²) in [7, 11) is 0. The third kappa shape index (κ3) is 5.25. The van der Waals surface area contributed by atoms with Crippen LogP contribution in [0.5, 0.6) is 0 Å². The van der Waals surface area contributed by atoms with Gasteiger partial charge in [0.15, 0.2) is 5.88 Å². The summed E-state index contributed by atoms with van der Waals surface area (Å²) in [6, 6.07) is -0.0706. The maximum Gasteiger partial charge on any atom is 0.303 e. The molecule has 2 aromatic rings. The zero-order valence-electron chi connectivity index (χ0n) is 25.9. The molecule has 0 aliphatic carbocycles. The van der Waals surface area contributed by atoms with Crippen LogP contribution in [0, 0.1) is 25.7 Å². The highest BCUT2D eigenvalue weighted by atomic mass is 32.2. The van der Waals surface area contributed by atoms with E-state index >= 15 is 0 Å². The molecule has 3 aliphatic rings. The molecule has 44 heavy (non-hydrogen) atoms. The molecular weight excluding hydrogens is 580 g/mol. The van der Waals surface area contributed by atoms with Gasteiger partial charge in [-0.2, -0.15) is 0 Å². The van der Waals surface area contributed by atoms with E-state index in [2.05, 4.69) is 40.2 Å². The van der Waals surface area contributed by atoms with Gasteiger partial charge in [-0.1, -0.05) is 33.4 Å². The number of nitrogens with one attached hydrogen (secondary N) is 4. The van der Waals surface area contributed by atoms with E-state index in [9.17, 15) is 29.7 Å². The topological polar surface area (TPSA) is 168 Å². The standard InChI is InChI=1S/C33H42N4O6S/c1-7-20-16(3)24(36-31(20)43)13-23-17(4)21(9-11-28(38)39)25(34-23)14-26-22(10-12-29(40)41)18(5)27(35-26)15-33-32(8-2,44-33)19(6)30(42)37-33/h7,14-16,19,24,34-36,43H,1,8-13H2,2-6H3,(H,37,42)(H,38,39)(H,40,41)/b26-14-,27-15+/t16?,19-,24+,32-,33-/m0/s1. The molecule has 2 fully saturated rings. The Labute approximate surface area is 260 Å². The summed E-state index contributed by atoms with van der Waals surface area (Å²) in [6.07, 6.45) is 7.67. The summed E-state index contributed by atoms with van der Waals surface area (Å²) in [5.41, 5.74) is 6.10. The second-order valence-corrected chi connectivity index (χ2v) is 13.9. The summed E-state index contributed by atoms with van der Waals surface area (Å²) in [5.74, 6) is -1.70. The number of aromatic nitrogens is 2. The third-order valence-corrected chi connectivity index (χ3v) is 12.0. The number of aliphatic hydroxyl groups excluding tert-OH is 1. The molecule has 10 nitrogen and oxygen atoms in total. The lowest BCUT2D eigenvalue weighted by Crippen LogP contribution is -2.33. The predicted octanol–water partition coefficient (Wildman–Crippen LogP) is 3.07. The molecule has 2 saturated heterocycles. The van der Waals surface area contributed by atoms with E-state index in [0.717, 1.165) is 56.3 Å². The molecule has 0 spiro atoms. The van der Waals surface area contributed by atoms with Gasteiger partial charge < -0.3 is 35.9 Å². The largest absolute Gasteiger partial charge is 0.495 e. The highest BCUT2D eigenvalue weighted by Crippen LogP contribution is 2.71. The van der Waals surface area contributed by atoms with Gasteiger partial charge in [-0.15, -0.1) is 11.8 Å². The number of rotatable bonds is 12. The Morgan fingerprint density at radius 1 is 1.02 bits per heavy atom. The van der Waals surface area contributed by atoms with Crippen LogP contribution < -0.4 is 21.3 Å². The highest BCUT2D eigenvalue weighted by molar-refractivity contribution is 8.10. The number of amides is 1. The van der Waals surface area contributed by atoms with Crippen molar-refractivity contribution in [1.29, 1.82) is 0 Å². The zero-order valence-corrected chi connectivity index (χ0v) is 26.7. The number of aromatic amines is 2. The molecule has 7 N–H and O–H groups in total. The minimum atomic E-state index is -0.894. The second-order valence-electron chi connectivity index (χ2n) is 12.3. The van der Waals surface area contributed by atoms with E-state index in [4.69, 9.17) is 0 Å². The molecule has 0 aromatic carbocycles. The molecule has 2 aromatic heterocycles. The highest BCUT2D eigenvalue weighted by Gasteiger charge is 2.75. The number of carboxylic acid groups (broad SMARTS) is 2. The Hall–Kier alpha value is -3.86. The molecule has 5 atom stereocenters. The van der Waals surface area contributed by atoms with Crippen molar-refractivity contribution in [3.05, 3.63) is 68.5 Å². The number of carbonyl (C=O) groups excluding carboxylic acids is 1. The molecule has 1 amide bonds. The summed E-state index contributed by atoms with van der Waals surface area (Å²) in [6.45, 7) is 13.9. The summed E-state index contributed by atoms with van der Waals surface area (Å²) >= 11 is 1.75. The molecule has 236 valence electrons. The van der Waals surface area contributed by atoms with Gasteiger partial charge in [-0.3, -0.25) is 14.4 Å². The van der Waals surface area contributed by atoms with Crippen molar-refractivity contribution in [3.8, 4) is 0 Å². The lowest BCUT2D eigenvalue weighted by molar-refractivity contribution is -0.138. The molecule has 5 heterocycles. The van der Waals surface area contributed by atoms with Crippen molar-refractivity contribution < 1.29 is 29.7 Å². The smallest absolute Gasteiger partial charge is 0.303 e. The second kappa shape index (κ2) is 11.6. The molecule has 5 rings (SSSR count). The average Bonchev–Trinajstić information content (AvgIpc) is 3.05. The van der Waals surface area contributed by atoms with Gasteiger partial charge >= 0.3 is 11.9 Å². The number of allylic oxidation sites excluding steroid dienone is 1. The maximum atomic E-state index is 12.6. The fourth-order valence-corrected chi connectivity index (χ4v) is 8.84. The molecule has 11 heteroatoms. The Morgan fingerprint density at radius 2 is 1.68 bits per heavy atom. The van der Waals surface area contributed by atoms with E-state index in [0.29, 0.717) is 19.3 Å². The monoisotopic (exact) mass is 622 g/mol. The van der Waals surface area contributed by atoms with Crippen LogP contribution >= 0.6 is 11.8 Å². The SMILES string of the molecule is C=CC1=C(O)N[C@H](Cc2[nH]c(/C=c3\[nH]/c(=C/[C@@]45NC(=O)[C@H](C)[C@]4(CC)S5)c(C)c3CCC(=O)O)c(CCC(=O)O)c2C)C1C. The van der Waals surface area contributed by atoms with Gasteiger partial charge in [0.1, 0.15) is 4.87 Å². The number of fused-ring (bicyclic) bond motifs is 1. The number of aliphatic carboxylic acids is 2. The fraction of sp³-hybridized carbons (Fsp3) is 0.485. The van der Waals surface area contributed by atoms with Crippen LogP contribution in [0.2, 0.25) is 0 Å². The van der Waals surface area contributed by atoms with E-state index in [1.54, 1.807) is 17.8 Å². The number of carbonyl (C=O) groups is 3. The van der Waals surface area contributed by atoms with Crippen LogP contribution in [0.3, 0.4) is 0 Å². The summed E-state index contributed by atoms with van der Waals surface area (Å²) < 4.78 is -0.206. The average molecular weight is 623 g/mol. The molecule has 1 unspecified atom stereocenters. The fourth-order valence-electron chi connectivity index (χ4n) is 7.13. The van der Waals surface area contributed by atoms with Crippen molar-refractivity contribution in [2.75, 3.05) is 0 Å². The molecule has 0 saturated carbocycles. The Bertz CT molecular complexity index is 1700. The molecule has 0 bridgehead atoms. The molecule has 0 radical (unpaired) electrons. The van der Waals surface area contributed by atoms with Gasteiger partial charge in [0.05, 0.1) is 10.7 Å². The van der Waals surface area contributed by atoms with Crippen LogP contribution in [0.4, 0.5) is 0 Å². The normalized spacial score (nSPS) is 28.3. The van der Waals surface area contributed by atoms with Crippen molar-refractivity contribution in [2.45, 2.75) is 88.8 Å². The van der Waals surface area contributed by atoms with Gasteiger partial charge in [0, 0.05) is 58.9 Å². The van der Waals surface area contributed by atoms with Crippen molar-refractivity contribution in [3.63, 3.8) is 0 Å². The minimum Gasteiger partial charge on any atom is -0.495 e. The quantitative estimate of drug-likeness (QED) is 0.177. The van der Waals surface area contributed by atoms with Gasteiger partial charge in [-0.05, 0) is 67.5 Å². The maximum absolute atomic E-state index is 12.6. The lowest BCUT2D eigenvalue weighted by atomic mass is 9.89. The van der Waals surface area contributed by atoms with E-state index < -0.39 is 16.8 Å². The van der Waals surface area contributed by atoms with Gasteiger partial charge in [0.25, 0.3) is 0 Å². The first-order chi connectivity index (χ1) is 20.8. The van der Waals surface area contributed by atoms with Crippen LogP contribution in [-0.4, -0.2) is 58.8 Å². The lowest BCUT2D eigenvalue weighted by Gasteiger charge is -2.17. The van der Waals surface area contributed by atoms with Crippen molar-refractivity contribution in [2.24, 2.45) is 11.8 Å². The number of H-pyrrole nitrogens is 2. The van der Waals surface area contributed by atoms with E-state index in [-0.39, 0.29) is 47.3 Å². The predicted molar refractivity (Wildman–Crippen MR) is 171 cm³/mol. The number of hydrogen-bond donors (Lipinski definition) is 7. The van der Waals surface area contributed by atoms with Gasteiger partial charge in [0.2, 0.25) is 5.91 Å². The molecular formula is C33H42N4O6S. The van der Waals surface area contributed by atoms with Crippen LogP contribution in [0.25, 0.3) is 12.2 Å². The van der Waals surface area contributed by atoms with Crippen molar-refractivity contribution >= 4 is 41.8 Å². The number of carboxylic acids is 2. The Kier molecular flexibility index (Phi) is 8.30.